The van der Waals surface area contributed by atoms with Gasteiger partial charge in [-0.05, 0) is 25.2 Å². The Morgan fingerprint density at radius 2 is 2.20 bits per heavy atom. The van der Waals surface area contributed by atoms with E-state index >= 15 is 0 Å². The van der Waals surface area contributed by atoms with Crippen molar-refractivity contribution in [1.82, 2.24) is 0 Å². The molecule has 0 heterocycles. The zero-order chi connectivity index (χ0) is 11.1. The van der Waals surface area contributed by atoms with Gasteiger partial charge in [0.05, 0.1) is 6.10 Å². The van der Waals surface area contributed by atoms with E-state index in [0.29, 0.717) is 24.7 Å². The first-order chi connectivity index (χ1) is 7.22. The van der Waals surface area contributed by atoms with Crippen molar-refractivity contribution >= 4 is 5.78 Å². The highest BCUT2D eigenvalue weighted by Gasteiger charge is 2.18. The van der Waals surface area contributed by atoms with Crippen LogP contribution in [0.5, 0.6) is 0 Å². The number of hydrogen-bond donors (Lipinski definition) is 0. The maximum absolute atomic E-state index is 11.1. The lowest BCUT2D eigenvalue weighted by Crippen LogP contribution is -2.22. The van der Waals surface area contributed by atoms with Crippen molar-refractivity contribution in [3.8, 4) is 0 Å². The van der Waals surface area contributed by atoms with Gasteiger partial charge in [-0.15, -0.1) is 0 Å². The molecule has 0 radical (unpaired) electrons. The third-order valence-corrected chi connectivity index (χ3v) is 3.24. The van der Waals surface area contributed by atoms with Crippen molar-refractivity contribution in [2.75, 3.05) is 6.61 Å². The molecule has 88 valence electrons. The molecule has 0 aromatic rings. The minimum Gasteiger partial charge on any atom is -0.378 e. The lowest BCUT2D eigenvalue weighted by atomic mass is 9.89. The maximum atomic E-state index is 11.1. The fourth-order valence-corrected chi connectivity index (χ4v) is 2.23. The van der Waals surface area contributed by atoms with Gasteiger partial charge in [0.25, 0.3) is 0 Å². The standard InChI is InChI=1S/C13H24O2/c1-3-12(14)7-5-9-15-13-8-4-6-11(2)10-13/h11,13H,3-10H2,1-2H3. The maximum Gasteiger partial charge on any atom is 0.132 e. The molecule has 0 aliphatic heterocycles. The van der Waals surface area contributed by atoms with E-state index in [9.17, 15) is 4.79 Å². The highest BCUT2D eigenvalue weighted by Crippen LogP contribution is 2.25. The van der Waals surface area contributed by atoms with Crippen LogP contribution in [-0.2, 0) is 9.53 Å². The summed E-state index contributed by atoms with van der Waals surface area (Å²) in [6, 6.07) is 0. The van der Waals surface area contributed by atoms with Crippen LogP contribution in [0.2, 0.25) is 0 Å². The van der Waals surface area contributed by atoms with E-state index < -0.39 is 0 Å². The molecule has 0 saturated heterocycles. The molecule has 1 aliphatic carbocycles. The SMILES string of the molecule is CCC(=O)CCCOC1CCCC(C)C1. The Morgan fingerprint density at radius 1 is 1.40 bits per heavy atom. The zero-order valence-electron chi connectivity index (χ0n) is 10.1. The topological polar surface area (TPSA) is 26.3 Å². The molecule has 2 atom stereocenters. The van der Waals surface area contributed by atoms with Gasteiger partial charge in [-0.2, -0.15) is 0 Å². The van der Waals surface area contributed by atoms with Crippen LogP contribution in [0.25, 0.3) is 0 Å². The average Bonchev–Trinajstić information content (AvgIpc) is 2.24. The van der Waals surface area contributed by atoms with Crippen LogP contribution in [0.1, 0.15) is 58.8 Å². The van der Waals surface area contributed by atoms with Crippen molar-refractivity contribution in [2.45, 2.75) is 64.9 Å². The second kappa shape index (κ2) is 7.00. The number of rotatable bonds is 6. The minimum atomic E-state index is 0.357. The average molecular weight is 212 g/mol. The van der Waals surface area contributed by atoms with Crippen molar-refractivity contribution in [1.29, 1.82) is 0 Å². The summed E-state index contributed by atoms with van der Waals surface area (Å²) in [4.78, 5) is 11.1. The zero-order valence-corrected chi connectivity index (χ0v) is 10.1. The molecule has 0 amide bonds. The summed E-state index contributed by atoms with van der Waals surface area (Å²) in [7, 11) is 0. The smallest absolute Gasteiger partial charge is 0.132 e. The first-order valence-corrected chi connectivity index (χ1v) is 6.35. The van der Waals surface area contributed by atoms with Crippen molar-refractivity contribution in [3.05, 3.63) is 0 Å². The molecule has 1 aliphatic rings. The Balaban J connectivity index is 2.02. The van der Waals surface area contributed by atoms with E-state index in [2.05, 4.69) is 6.92 Å². The summed E-state index contributed by atoms with van der Waals surface area (Å²) < 4.78 is 5.80. The van der Waals surface area contributed by atoms with Crippen LogP contribution in [-0.4, -0.2) is 18.5 Å². The van der Waals surface area contributed by atoms with Gasteiger partial charge >= 0.3 is 0 Å². The molecule has 0 spiro atoms. The lowest BCUT2D eigenvalue weighted by molar-refractivity contribution is -0.119. The molecular weight excluding hydrogens is 188 g/mol. The van der Waals surface area contributed by atoms with Gasteiger partial charge in [-0.3, -0.25) is 4.79 Å². The van der Waals surface area contributed by atoms with Crippen LogP contribution >= 0.6 is 0 Å². The fourth-order valence-electron chi connectivity index (χ4n) is 2.23. The van der Waals surface area contributed by atoms with Gasteiger partial charge in [0.1, 0.15) is 5.78 Å². The number of Topliss-reactive ketones (excluding diaryl/α,β-unsaturated/α-hetero) is 1. The molecule has 15 heavy (non-hydrogen) atoms. The fraction of sp³-hybridized carbons (Fsp3) is 0.923. The highest BCUT2D eigenvalue weighted by atomic mass is 16.5. The van der Waals surface area contributed by atoms with Gasteiger partial charge in [-0.25, -0.2) is 0 Å². The Hall–Kier alpha value is -0.370. The van der Waals surface area contributed by atoms with E-state index in [1.54, 1.807) is 0 Å². The number of carbonyl (C=O) groups is 1. The highest BCUT2D eigenvalue weighted by molar-refractivity contribution is 5.77. The van der Waals surface area contributed by atoms with E-state index in [1.165, 1.54) is 25.7 Å². The quantitative estimate of drug-likeness (QED) is 0.631. The molecule has 0 N–H and O–H groups in total. The number of hydrogen-bond acceptors (Lipinski definition) is 2. The van der Waals surface area contributed by atoms with Gasteiger partial charge in [0, 0.05) is 19.4 Å². The monoisotopic (exact) mass is 212 g/mol. The molecule has 0 bridgehead atoms. The van der Waals surface area contributed by atoms with E-state index in [0.717, 1.165) is 18.9 Å². The van der Waals surface area contributed by atoms with Crippen LogP contribution in [0.4, 0.5) is 0 Å². The lowest BCUT2D eigenvalue weighted by Gasteiger charge is -2.26. The Morgan fingerprint density at radius 3 is 2.87 bits per heavy atom. The minimum absolute atomic E-state index is 0.357. The second-order valence-corrected chi connectivity index (χ2v) is 4.76. The third kappa shape index (κ3) is 5.31. The van der Waals surface area contributed by atoms with Crippen LogP contribution in [0, 0.1) is 5.92 Å². The van der Waals surface area contributed by atoms with Gasteiger partial charge in [0.15, 0.2) is 0 Å². The Labute approximate surface area is 93.4 Å². The normalized spacial score (nSPS) is 26.5. The van der Waals surface area contributed by atoms with Gasteiger partial charge in [0.2, 0.25) is 0 Å². The molecular formula is C13H24O2. The van der Waals surface area contributed by atoms with Gasteiger partial charge in [-0.1, -0.05) is 26.7 Å². The Kier molecular flexibility index (Phi) is 5.92. The molecule has 0 aromatic heterocycles. The van der Waals surface area contributed by atoms with Crippen LogP contribution in [0.3, 0.4) is 0 Å². The number of carbonyl (C=O) groups excluding carboxylic acids is 1. The van der Waals surface area contributed by atoms with E-state index in [4.69, 9.17) is 4.74 Å². The van der Waals surface area contributed by atoms with Crippen LogP contribution < -0.4 is 0 Å². The van der Waals surface area contributed by atoms with Crippen molar-refractivity contribution < 1.29 is 9.53 Å². The Bertz CT molecular complexity index is 189. The van der Waals surface area contributed by atoms with E-state index in [-0.39, 0.29) is 0 Å². The van der Waals surface area contributed by atoms with Crippen molar-refractivity contribution in [2.24, 2.45) is 5.92 Å². The number of ketones is 1. The first kappa shape index (κ1) is 12.7. The number of ether oxygens (including phenoxy) is 1. The molecule has 1 rings (SSSR count). The predicted molar refractivity (Wildman–Crippen MR) is 61.9 cm³/mol. The molecule has 0 aromatic carbocycles. The summed E-state index contributed by atoms with van der Waals surface area (Å²) >= 11 is 0. The molecule has 2 nitrogen and oxygen atoms in total. The summed E-state index contributed by atoms with van der Waals surface area (Å²) in [5, 5.41) is 0. The predicted octanol–water partition coefficient (Wildman–Crippen LogP) is 3.34. The molecule has 2 heteroatoms. The largest absolute Gasteiger partial charge is 0.378 e. The van der Waals surface area contributed by atoms with Crippen LogP contribution in [0.15, 0.2) is 0 Å². The first-order valence-electron chi connectivity index (χ1n) is 6.35. The van der Waals surface area contributed by atoms with E-state index in [1.807, 2.05) is 6.92 Å². The molecule has 1 fully saturated rings. The molecule has 2 unspecified atom stereocenters. The van der Waals surface area contributed by atoms with Gasteiger partial charge < -0.3 is 4.74 Å². The summed E-state index contributed by atoms with van der Waals surface area (Å²) in [6.45, 7) is 4.99. The van der Waals surface area contributed by atoms with Crippen molar-refractivity contribution in [3.63, 3.8) is 0 Å². The summed E-state index contributed by atoms with van der Waals surface area (Å²) in [5.74, 6) is 1.18. The third-order valence-electron chi connectivity index (χ3n) is 3.24. The second-order valence-electron chi connectivity index (χ2n) is 4.76. The summed E-state index contributed by atoms with van der Waals surface area (Å²) in [6.07, 6.45) is 7.81. The molecule has 1 saturated carbocycles. The summed E-state index contributed by atoms with van der Waals surface area (Å²) in [5.41, 5.74) is 0.